The van der Waals surface area contributed by atoms with E-state index in [2.05, 4.69) is 18.7 Å². The summed E-state index contributed by atoms with van der Waals surface area (Å²) < 4.78 is 15.8. The number of rotatable bonds is 13. The number of benzene rings is 1. The molecule has 7 heteroatoms. The standard InChI is InChI=1S/C20H32N2O5/c1-5-21(6-2)14-15-22(13-12-20(24)26-7-3)19(23)16-27-18-11-9-8-10-17(18)25-4/h8-11H,5-7,12-16H2,1-4H3. The van der Waals surface area contributed by atoms with Crippen molar-refractivity contribution in [1.82, 2.24) is 9.80 Å². The van der Waals surface area contributed by atoms with Gasteiger partial charge < -0.3 is 24.0 Å². The second kappa shape index (κ2) is 13.0. The summed E-state index contributed by atoms with van der Waals surface area (Å²) in [6.07, 6.45) is 0.173. The van der Waals surface area contributed by atoms with Gasteiger partial charge >= 0.3 is 5.97 Å². The Kier molecular flexibility index (Phi) is 10.9. The monoisotopic (exact) mass is 380 g/mol. The molecule has 0 saturated heterocycles. The number of nitrogens with zero attached hydrogens (tertiary/aromatic N) is 2. The fourth-order valence-electron chi connectivity index (χ4n) is 2.59. The predicted octanol–water partition coefficient (Wildman–Crippen LogP) is 2.20. The lowest BCUT2D eigenvalue weighted by molar-refractivity contribution is -0.144. The van der Waals surface area contributed by atoms with E-state index >= 15 is 0 Å². The molecule has 0 fully saturated rings. The van der Waals surface area contributed by atoms with Crippen LogP contribution in [0.2, 0.25) is 0 Å². The number of amides is 1. The van der Waals surface area contributed by atoms with Gasteiger partial charge in [0.25, 0.3) is 5.91 Å². The third kappa shape index (κ3) is 8.30. The van der Waals surface area contributed by atoms with Gasteiger partial charge in [0.15, 0.2) is 18.1 Å². The van der Waals surface area contributed by atoms with Crippen molar-refractivity contribution in [3.8, 4) is 11.5 Å². The Hall–Kier alpha value is -2.28. The Balaban J connectivity index is 2.67. The Morgan fingerprint density at radius 2 is 1.63 bits per heavy atom. The second-order valence-electron chi connectivity index (χ2n) is 5.90. The molecule has 27 heavy (non-hydrogen) atoms. The molecule has 0 unspecified atom stereocenters. The second-order valence-corrected chi connectivity index (χ2v) is 5.90. The molecule has 1 aromatic carbocycles. The number of hydrogen-bond acceptors (Lipinski definition) is 6. The van der Waals surface area contributed by atoms with E-state index in [1.54, 1.807) is 31.1 Å². The fraction of sp³-hybridized carbons (Fsp3) is 0.600. The quantitative estimate of drug-likeness (QED) is 0.489. The van der Waals surface area contributed by atoms with Crippen molar-refractivity contribution in [1.29, 1.82) is 0 Å². The number of methoxy groups -OCH3 is 1. The molecule has 0 spiro atoms. The zero-order chi connectivity index (χ0) is 20.1. The molecule has 1 aromatic rings. The Bertz CT molecular complexity index is 575. The summed E-state index contributed by atoms with van der Waals surface area (Å²) in [7, 11) is 1.56. The lowest BCUT2D eigenvalue weighted by Gasteiger charge is -2.26. The van der Waals surface area contributed by atoms with Crippen LogP contribution in [0, 0.1) is 0 Å². The maximum absolute atomic E-state index is 12.7. The first-order valence-corrected chi connectivity index (χ1v) is 9.47. The molecule has 0 N–H and O–H groups in total. The summed E-state index contributed by atoms with van der Waals surface area (Å²) in [5.74, 6) is 0.620. The van der Waals surface area contributed by atoms with E-state index < -0.39 is 0 Å². The van der Waals surface area contributed by atoms with Crippen LogP contribution in [0.3, 0.4) is 0 Å². The molecule has 0 saturated carbocycles. The van der Waals surface area contributed by atoms with E-state index in [0.29, 0.717) is 31.2 Å². The minimum atomic E-state index is -0.302. The maximum atomic E-state index is 12.7. The summed E-state index contributed by atoms with van der Waals surface area (Å²) in [5.41, 5.74) is 0. The van der Waals surface area contributed by atoms with Gasteiger partial charge in [-0.05, 0) is 32.1 Å². The van der Waals surface area contributed by atoms with Gasteiger partial charge in [-0.3, -0.25) is 9.59 Å². The zero-order valence-corrected chi connectivity index (χ0v) is 16.9. The summed E-state index contributed by atoms with van der Waals surface area (Å²) in [5, 5.41) is 0. The number of esters is 1. The Morgan fingerprint density at radius 3 is 2.22 bits per heavy atom. The number of likely N-dealkylation sites (N-methyl/N-ethyl adjacent to an activating group) is 1. The number of carbonyl (C=O) groups excluding carboxylic acids is 2. The third-order valence-electron chi connectivity index (χ3n) is 4.24. The van der Waals surface area contributed by atoms with E-state index in [0.717, 1.165) is 19.6 Å². The van der Waals surface area contributed by atoms with Crippen LogP contribution in [-0.2, 0) is 14.3 Å². The van der Waals surface area contributed by atoms with Crippen molar-refractivity contribution >= 4 is 11.9 Å². The van der Waals surface area contributed by atoms with E-state index in [4.69, 9.17) is 14.2 Å². The molecule has 0 bridgehead atoms. The molecule has 1 amide bonds. The van der Waals surface area contributed by atoms with E-state index in [1.807, 2.05) is 12.1 Å². The van der Waals surface area contributed by atoms with Crippen molar-refractivity contribution in [3.63, 3.8) is 0 Å². The van der Waals surface area contributed by atoms with Crippen LogP contribution in [-0.4, -0.2) is 74.7 Å². The van der Waals surface area contributed by atoms with Crippen LogP contribution in [0.15, 0.2) is 24.3 Å². The molecule has 0 radical (unpaired) electrons. The number of carbonyl (C=O) groups is 2. The molecule has 1 rings (SSSR count). The fourth-order valence-corrected chi connectivity index (χ4v) is 2.59. The molecule has 0 aliphatic carbocycles. The molecule has 0 atom stereocenters. The average Bonchev–Trinajstić information content (AvgIpc) is 2.69. The van der Waals surface area contributed by atoms with Gasteiger partial charge in [-0.2, -0.15) is 0 Å². The molecular formula is C20H32N2O5. The van der Waals surface area contributed by atoms with Crippen molar-refractivity contribution in [2.24, 2.45) is 0 Å². The van der Waals surface area contributed by atoms with Crippen LogP contribution in [0.5, 0.6) is 11.5 Å². The number of para-hydroxylation sites is 2. The van der Waals surface area contributed by atoms with Crippen molar-refractivity contribution < 1.29 is 23.8 Å². The van der Waals surface area contributed by atoms with E-state index in [-0.39, 0.29) is 24.9 Å². The van der Waals surface area contributed by atoms with Gasteiger partial charge in [0.2, 0.25) is 0 Å². The van der Waals surface area contributed by atoms with Crippen molar-refractivity contribution in [2.45, 2.75) is 27.2 Å². The predicted molar refractivity (Wildman–Crippen MR) is 104 cm³/mol. The highest BCUT2D eigenvalue weighted by Gasteiger charge is 2.17. The van der Waals surface area contributed by atoms with Gasteiger partial charge in [-0.15, -0.1) is 0 Å². The van der Waals surface area contributed by atoms with Gasteiger partial charge in [0, 0.05) is 19.6 Å². The highest BCUT2D eigenvalue weighted by molar-refractivity contribution is 5.78. The lowest BCUT2D eigenvalue weighted by atomic mass is 10.3. The molecule has 0 aliphatic heterocycles. The van der Waals surface area contributed by atoms with Crippen LogP contribution >= 0.6 is 0 Å². The van der Waals surface area contributed by atoms with Crippen molar-refractivity contribution in [2.75, 3.05) is 53.0 Å². The van der Waals surface area contributed by atoms with Crippen LogP contribution < -0.4 is 9.47 Å². The largest absolute Gasteiger partial charge is 0.493 e. The van der Waals surface area contributed by atoms with Gasteiger partial charge in [-0.25, -0.2) is 0 Å². The molecular weight excluding hydrogens is 348 g/mol. The summed E-state index contributed by atoms with van der Waals surface area (Å²) in [4.78, 5) is 28.2. The summed E-state index contributed by atoms with van der Waals surface area (Å²) >= 11 is 0. The molecule has 7 nitrogen and oxygen atoms in total. The van der Waals surface area contributed by atoms with Gasteiger partial charge in [0.1, 0.15) is 0 Å². The highest BCUT2D eigenvalue weighted by atomic mass is 16.5. The molecule has 152 valence electrons. The smallest absolute Gasteiger partial charge is 0.307 e. The first kappa shape index (κ1) is 22.8. The van der Waals surface area contributed by atoms with E-state index in [1.165, 1.54) is 0 Å². The normalized spacial score (nSPS) is 10.6. The first-order chi connectivity index (χ1) is 13.0. The van der Waals surface area contributed by atoms with Crippen LogP contribution in [0.25, 0.3) is 0 Å². The minimum Gasteiger partial charge on any atom is -0.493 e. The van der Waals surface area contributed by atoms with Crippen LogP contribution in [0.1, 0.15) is 27.2 Å². The Labute approximate surface area is 162 Å². The lowest BCUT2D eigenvalue weighted by Crippen LogP contribution is -2.42. The number of ether oxygens (including phenoxy) is 3. The summed E-state index contributed by atoms with van der Waals surface area (Å²) in [6, 6.07) is 7.19. The van der Waals surface area contributed by atoms with Gasteiger partial charge in [-0.1, -0.05) is 26.0 Å². The third-order valence-corrected chi connectivity index (χ3v) is 4.24. The topological polar surface area (TPSA) is 68.3 Å². The molecule has 0 aromatic heterocycles. The molecule has 0 heterocycles. The van der Waals surface area contributed by atoms with Crippen LogP contribution in [0.4, 0.5) is 0 Å². The SMILES string of the molecule is CCOC(=O)CCN(CCN(CC)CC)C(=O)COc1ccccc1OC. The van der Waals surface area contributed by atoms with E-state index in [9.17, 15) is 9.59 Å². The minimum absolute atomic E-state index is 0.110. The maximum Gasteiger partial charge on any atom is 0.307 e. The van der Waals surface area contributed by atoms with Gasteiger partial charge in [0.05, 0.1) is 20.1 Å². The summed E-state index contributed by atoms with van der Waals surface area (Å²) in [6.45, 7) is 9.58. The Morgan fingerprint density at radius 1 is 0.963 bits per heavy atom. The first-order valence-electron chi connectivity index (χ1n) is 9.47. The average molecular weight is 380 g/mol. The zero-order valence-electron chi connectivity index (χ0n) is 16.9. The molecule has 0 aliphatic rings. The highest BCUT2D eigenvalue weighted by Crippen LogP contribution is 2.25. The van der Waals surface area contributed by atoms with Crippen molar-refractivity contribution in [3.05, 3.63) is 24.3 Å². The number of hydrogen-bond donors (Lipinski definition) is 0.